The Morgan fingerprint density at radius 1 is 1.50 bits per heavy atom. The molecular weight excluding hydrogens is 306 g/mol. The zero-order chi connectivity index (χ0) is 17.1. The van der Waals surface area contributed by atoms with Crippen molar-refractivity contribution in [1.82, 2.24) is 19.6 Å². The van der Waals surface area contributed by atoms with Crippen LogP contribution in [-0.2, 0) is 16.0 Å². The first-order chi connectivity index (χ1) is 11.6. The fraction of sp³-hybridized carbons (Fsp3) is 0.412. The van der Waals surface area contributed by atoms with Crippen LogP contribution in [0.3, 0.4) is 0 Å². The second kappa shape index (κ2) is 6.71. The highest BCUT2D eigenvalue weighted by Crippen LogP contribution is 2.19. The molecule has 0 spiro atoms. The minimum absolute atomic E-state index is 0.0149. The van der Waals surface area contributed by atoms with Crippen molar-refractivity contribution < 1.29 is 9.59 Å². The third kappa shape index (κ3) is 3.08. The van der Waals surface area contributed by atoms with E-state index >= 15 is 0 Å². The van der Waals surface area contributed by atoms with Gasteiger partial charge in [0, 0.05) is 25.5 Å². The molecule has 3 heterocycles. The number of likely N-dealkylation sites (tertiary alicyclic amines) is 1. The quantitative estimate of drug-likeness (QED) is 0.881. The predicted molar refractivity (Wildman–Crippen MR) is 87.0 cm³/mol. The fourth-order valence-corrected chi connectivity index (χ4v) is 2.94. The van der Waals surface area contributed by atoms with Crippen LogP contribution >= 0.6 is 0 Å². The molecule has 0 aromatic carbocycles. The second-order valence-electron chi connectivity index (χ2n) is 5.98. The summed E-state index contributed by atoms with van der Waals surface area (Å²) in [5.41, 5.74) is 2.79. The van der Waals surface area contributed by atoms with Gasteiger partial charge in [-0.3, -0.25) is 9.59 Å². The fourth-order valence-electron chi connectivity index (χ4n) is 2.94. The van der Waals surface area contributed by atoms with Crippen molar-refractivity contribution in [1.29, 1.82) is 5.26 Å². The van der Waals surface area contributed by atoms with E-state index in [2.05, 4.69) is 10.3 Å². The summed E-state index contributed by atoms with van der Waals surface area (Å²) >= 11 is 0. The molecule has 7 heteroatoms. The van der Waals surface area contributed by atoms with Crippen LogP contribution in [0.1, 0.15) is 24.1 Å². The van der Waals surface area contributed by atoms with Gasteiger partial charge < -0.3 is 14.6 Å². The summed E-state index contributed by atoms with van der Waals surface area (Å²) in [6.45, 7) is 3.09. The van der Waals surface area contributed by atoms with Crippen molar-refractivity contribution >= 4 is 17.5 Å². The normalized spacial score (nSPS) is 16.5. The Kier molecular flexibility index (Phi) is 4.47. The second-order valence-corrected chi connectivity index (χ2v) is 5.98. The molecule has 2 aromatic heterocycles. The predicted octanol–water partition coefficient (Wildman–Crippen LogP) is 0.816. The lowest BCUT2D eigenvalue weighted by Gasteiger charge is -2.41. The van der Waals surface area contributed by atoms with Crippen LogP contribution in [0.4, 0.5) is 0 Å². The summed E-state index contributed by atoms with van der Waals surface area (Å²) in [5, 5.41) is 11.2. The maximum atomic E-state index is 12.5. The highest BCUT2D eigenvalue weighted by molar-refractivity contribution is 5.80. The minimum atomic E-state index is -0.297. The summed E-state index contributed by atoms with van der Waals surface area (Å²) < 4.78 is 1.94. The van der Waals surface area contributed by atoms with Crippen molar-refractivity contribution in [2.75, 3.05) is 13.1 Å². The number of hydrogen-bond donors (Lipinski definition) is 1. The number of rotatable bonds is 5. The van der Waals surface area contributed by atoms with Crippen molar-refractivity contribution in [2.45, 2.75) is 32.2 Å². The molecule has 1 N–H and O–H groups in total. The molecule has 1 aliphatic rings. The SMILES string of the molecule is Cc1cccn2c(CC(=O)N3CCC3CNC(=O)CC#N)cnc12. The summed E-state index contributed by atoms with van der Waals surface area (Å²) in [4.78, 5) is 30.0. The van der Waals surface area contributed by atoms with E-state index in [-0.39, 0.29) is 30.7 Å². The number of aryl methyl sites for hydroxylation is 1. The van der Waals surface area contributed by atoms with Crippen molar-refractivity contribution in [3.05, 3.63) is 35.8 Å². The molecule has 2 amide bonds. The largest absolute Gasteiger partial charge is 0.353 e. The summed E-state index contributed by atoms with van der Waals surface area (Å²) in [7, 11) is 0. The highest BCUT2D eigenvalue weighted by atomic mass is 16.2. The molecular formula is C17H19N5O2. The van der Waals surface area contributed by atoms with E-state index < -0.39 is 0 Å². The van der Waals surface area contributed by atoms with Gasteiger partial charge in [-0.15, -0.1) is 0 Å². The Balaban J connectivity index is 1.61. The van der Waals surface area contributed by atoms with Crippen molar-refractivity contribution in [3.8, 4) is 6.07 Å². The molecule has 0 saturated carbocycles. The Labute approximate surface area is 139 Å². The van der Waals surface area contributed by atoms with E-state index in [0.29, 0.717) is 13.1 Å². The number of carbonyl (C=O) groups is 2. The average molecular weight is 325 g/mol. The van der Waals surface area contributed by atoms with Gasteiger partial charge in [0.2, 0.25) is 11.8 Å². The molecule has 2 aromatic rings. The molecule has 1 atom stereocenters. The number of amides is 2. The first-order valence-corrected chi connectivity index (χ1v) is 7.95. The lowest BCUT2D eigenvalue weighted by molar-refractivity contribution is -0.138. The highest BCUT2D eigenvalue weighted by Gasteiger charge is 2.32. The smallest absolute Gasteiger partial charge is 0.234 e. The number of imidazole rings is 1. The number of nitrogens with one attached hydrogen (secondary N) is 1. The van der Waals surface area contributed by atoms with Crippen molar-refractivity contribution in [2.24, 2.45) is 0 Å². The molecule has 1 unspecified atom stereocenters. The Morgan fingerprint density at radius 3 is 3.04 bits per heavy atom. The Bertz CT molecular complexity index is 820. The maximum absolute atomic E-state index is 12.5. The molecule has 7 nitrogen and oxygen atoms in total. The summed E-state index contributed by atoms with van der Waals surface area (Å²) in [6.07, 6.45) is 4.65. The molecule has 1 fully saturated rings. The van der Waals surface area contributed by atoms with E-state index in [1.807, 2.05) is 35.7 Å². The van der Waals surface area contributed by atoms with Gasteiger partial charge >= 0.3 is 0 Å². The molecule has 0 bridgehead atoms. The lowest BCUT2D eigenvalue weighted by Crippen LogP contribution is -2.56. The van der Waals surface area contributed by atoms with E-state index in [9.17, 15) is 9.59 Å². The average Bonchev–Trinajstić information content (AvgIpc) is 2.91. The zero-order valence-corrected chi connectivity index (χ0v) is 13.5. The first-order valence-electron chi connectivity index (χ1n) is 7.95. The topological polar surface area (TPSA) is 90.5 Å². The zero-order valence-electron chi connectivity index (χ0n) is 13.5. The van der Waals surface area contributed by atoms with Crippen LogP contribution in [-0.4, -0.2) is 45.2 Å². The molecule has 0 radical (unpaired) electrons. The number of carbonyl (C=O) groups excluding carboxylic acids is 2. The van der Waals surface area contributed by atoms with E-state index in [0.717, 1.165) is 23.3 Å². The van der Waals surface area contributed by atoms with Crippen LogP contribution in [0.5, 0.6) is 0 Å². The molecule has 124 valence electrons. The number of hydrogen-bond acceptors (Lipinski definition) is 4. The number of nitrogens with zero attached hydrogens (tertiary/aromatic N) is 4. The summed E-state index contributed by atoms with van der Waals surface area (Å²) in [5.74, 6) is -0.266. The van der Waals surface area contributed by atoms with Crippen LogP contribution < -0.4 is 5.32 Å². The molecule has 24 heavy (non-hydrogen) atoms. The molecule has 1 saturated heterocycles. The number of fused-ring (bicyclic) bond motifs is 1. The minimum Gasteiger partial charge on any atom is -0.353 e. The van der Waals surface area contributed by atoms with Crippen LogP contribution in [0.15, 0.2) is 24.5 Å². The van der Waals surface area contributed by atoms with Crippen LogP contribution in [0, 0.1) is 18.3 Å². The van der Waals surface area contributed by atoms with Crippen molar-refractivity contribution in [3.63, 3.8) is 0 Å². The van der Waals surface area contributed by atoms with E-state index in [4.69, 9.17) is 5.26 Å². The van der Waals surface area contributed by atoms with Gasteiger partial charge in [0.25, 0.3) is 0 Å². The first kappa shape index (κ1) is 16.0. The monoisotopic (exact) mass is 325 g/mol. The Morgan fingerprint density at radius 2 is 2.33 bits per heavy atom. The third-order valence-electron chi connectivity index (χ3n) is 4.38. The van der Waals surface area contributed by atoms with E-state index in [1.54, 1.807) is 11.1 Å². The maximum Gasteiger partial charge on any atom is 0.234 e. The Hall–Kier alpha value is -2.88. The van der Waals surface area contributed by atoms with Gasteiger partial charge in [-0.05, 0) is 25.0 Å². The van der Waals surface area contributed by atoms with Gasteiger partial charge in [-0.25, -0.2) is 4.98 Å². The van der Waals surface area contributed by atoms with Gasteiger partial charge in [-0.1, -0.05) is 6.07 Å². The lowest BCUT2D eigenvalue weighted by atomic mass is 10.0. The van der Waals surface area contributed by atoms with E-state index in [1.165, 1.54) is 0 Å². The van der Waals surface area contributed by atoms with Gasteiger partial charge in [0.15, 0.2) is 0 Å². The van der Waals surface area contributed by atoms with Crippen LogP contribution in [0.2, 0.25) is 0 Å². The molecule has 1 aliphatic heterocycles. The third-order valence-corrected chi connectivity index (χ3v) is 4.38. The standard InChI is InChI=1S/C17H19N5O2/c1-12-3-2-7-22-14(11-20-17(12)22)9-16(24)21-8-5-13(21)10-19-15(23)4-6-18/h2-3,7,11,13H,4-5,8-10H2,1H3,(H,19,23). The number of nitriles is 1. The van der Waals surface area contributed by atoms with Gasteiger partial charge in [-0.2, -0.15) is 5.26 Å². The van der Waals surface area contributed by atoms with Crippen LogP contribution in [0.25, 0.3) is 5.65 Å². The van der Waals surface area contributed by atoms with Gasteiger partial charge in [0.05, 0.1) is 24.2 Å². The molecule has 3 rings (SSSR count). The number of aromatic nitrogens is 2. The van der Waals surface area contributed by atoms with Gasteiger partial charge in [0.1, 0.15) is 12.1 Å². The number of pyridine rings is 1. The summed E-state index contributed by atoms with van der Waals surface area (Å²) in [6, 6.07) is 5.75. The molecule has 0 aliphatic carbocycles.